The molecule has 2 atom stereocenters. The number of nitrogens with zero attached hydrogens (tertiary/aromatic N) is 3. The molecule has 8 aromatic rings. The van der Waals surface area contributed by atoms with Crippen LogP contribution in [-0.4, -0.2) is 6.71 Å². The number of benzene rings is 8. The number of fused-ring (bicyclic) bond motifs is 9. The third-order valence-electron chi connectivity index (χ3n) is 14.6. The fraction of sp³-hybridized carbons (Fsp3) is 0.158. The van der Waals surface area contributed by atoms with Gasteiger partial charge in [0.25, 0.3) is 6.71 Å². The van der Waals surface area contributed by atoms with Crippen molar-refractivity contribution in [1.82, 2.24) is 0 Å². The maximum atomic E-state index is 2.76. The smallest absolute Gasteiger partial charge is 0.252 e. The van der Waals surface area contributed by atoms with Gasteiger partial charge < -0.3 is 14.7 Å². The van der Waals surface area contributed by atoms with E-state index in [0.29, 0.717) is 0 Å². The minimum atomic E-state index is -0.475. The van der Waals surface area contributed by atoms with Crippen molar-refractivity contribution in [3.05, 3.63) is 222 Å². The molecule has 0 saturated carbocycles. The van der Waals surface area contributed by atoms with Crippen molar-refractivity contribution in [3.8, 4) is 0 Å². The summed E-state index contributed by atoms with van der Waals surface area (Å²) in [4.78, 5) is 7.83. The van der Waals surface area contributed by atoms with Crippen molar-refractivity contribution < 1.29 is 0 Å². The van der Waals surface area contributed by atoms with Crippen LogP contribution in [-0.2, 0) is 22.8 Å². The van der Waals surface area contributed by atoms with Gasteiger partial charge in [0.2, 0.25) is 0 Å². The maximum Gasteiger partial charge on any atom is 0.252 e. The predicted octanol–water partition coefficient (Wildman–Crippen LogP) is 12.4. The van der Waals surface area contributed by atoms with Crippen LogP contribution in [0.15, 0.2) is 194 Å². The SMILES string of the molecule is CC(C)(C)c1ccc2c(c1)C1(c3ccccc3)CCc3ccccc3C1(C)N2c1cc2c3c(c1)N(c1ccccc1)c1ccccc1B3c1ccccc1N2c1ccccc1. The quantitative estimate of drug-likeness (QED) is 0.165. The van der Waals surface area contributed by atoms with E-state index in [4.69, 9.17) is 0 Å². The Morgan fingerprint density at radius 1 is 0.475 bits per heavy atom. The summed E-state index contributed by atoms with van der Waals surface area (Å²) in [5.41, 5.74) is 19.8. The molecular formula is C57H48BN3. The van der Waals surface area contributed by atoms with Gasteiger partial charge in [-0.1, -0.05) is 160 Å². The first-order chi connectivity index (χ1) is 29.8. The summed E-state index contributed by atoms with van der Waals surface area (Å²) in [6.45, 7) is 9.66. The zero-order valence-corrected chi connectivity index (χ0v) is 35.3. The molecule has 294 valence electrons. The highest BCUT2D eigenvalue weighted by Gasteiger charge is 2.63. The Labute approximate surface area is 360 Å². The van der Waals surface area contributed by atoms with E-state index in [2.05, 4.69) is 237 Å². The van der Waals surface area contributed by atoms with Gasteiger partial charge in [-0.3, -0.25) is 0 Å². The second kappa shape index (κ2) is 13.1. The fourth-order valence-electron chi connectivity index (χ4n) is 11.9. The fourth-order valence-corrected chi connectivity index (χ4v) is 11.9. The molecule has 0 radical (unpaired) electrons. The van der Waals surface area contributed by atoms with Gasteiger partial charge in [0.05, 0.1) is 11.0 Å². The molecule has 0 fully saturated rings. The Bertz CT molecular complexity index is 2900. The molecule has 12 rings (SSSR count). The number of rotatable bonds is 4. The Hall–Kier alpha value is -6.78. The molecule has 3 heterocycles. The molecule has 0 spiro atoms. The van der Waals surface area contributed by atoms with Crippen molar-refractivity contribution in [1.29, 1.82) is 0 Å². The van der Waals surface area contributed by atoms with Gasteiger partial charge in [-0.05, 0) is 124 Å². The third-order valence-corrected chi connectivity index (χ3v) is 14.6. The largest absolute Gasteiger partial charge is 0.330 e. The van der Waals surface area contributed by atoms with E-state index >= 15 is 0 Å². The maximum absolute atomic E-state index is 2.76. The van der Waals surface area contributed by atoms with Crippen LogP contribution in [0.25, 0.3) is 0 Å². The van der Waals surface area contributed by atoms with E-state index in [-0.39, 0.29) is 17.5 Å². The molecular weight excluding hydrogens is 737 g/mol. The third kappa shape index (κ3) is 4.94. The lowest BCUT2D eigenvalue weighted by molar-refractivity contribution is 0.270. The zero-order chi connectivity index (χ0) is 41.1. The summed E-state index contributed by atoms with van der Waals surface area (Å²) in [7, 11) is 0. The molecule has 0 aromatic heterocycles. The van der Waals surface area contributed by atoms with Gasteiger partial charge in [0.1, 0.15) is 0 Å². The second-order valence-electron chi connectivity index (χ2n) is 18.6. The average molecular weight is 786 g/mol. The number of aryl methyl sites for hydroxylation is 1. The Balaban J connectivity index is 1.23. The van der Waals surface area contributed by atoms with Crippen LogP contribution in [0.1, 0.15) is 61.9 Å². The Morgan fingerprint density at radius 2 is 1.00 bits per heavy atom. The number of anilines is 8. The topological polar surface area (TPSA) is 9.72 Å². The lowest BCUT2D eigenvalue weighted by Gasteiger charge is -2.53. The first kappa shape index (κ1) is 36.1. The molecule has 3 nitrogen and oxygen atoms in total. The van der Waals surface area contributed by atoms with Crippen LogP contribution < -0.4 is 31.1 Å². The molecule has 4 aliphatic rings. The van der Waals surface area contributed by atoms with Crippen LogP contribution in [0.4, 0.5) is 45.5 Å². The zero-order valence-electron chi connectivity index (χ0n) is 35.3. The predicted molar refractivity (Wildman–Crippen MR) is 257 cm³/mol. The summed E-state index contributed by atoms with van der Waals surface area (Å²) >= 11 is 0. The summed E-state index contributed by atoms with van der Waals surface area (Å²) in [5, 5.41) is 0. The van der Waals surface area contributed by atoms with E-state index in [1.165, 1.54) is 78.3 Å². The van der Waals surface area contributed by atoms with Crippen molar-refractivity contribution in [2.45, 2.75) is 56.9 Å². The summed E-state index contributed by atoms with van der Waals surface area (Å²) < 4.78 is 0. The Morgan fingerprint density at radius 3 is 1.59 bits per heavy atom. The summed E-state index contributed by atoms with van der Waals surface area (Å²) in [5.74, 6) is 0. The van der Waals surface area contributed by atoms with E-state index in [9.17, 15) is 0 Å². The highest BCUT2D eigenvalue weighted by atomic mass is 15.3. The van der Waals surface area contributed by atoms with Gasteiger partial charge in [0.15, 0.2) is 0 Å². The number of hydrogen-bond donors (Lipinski definition) is 0. The molecule has 0 saturated heterocycles. The first-order valence-corrected chi connectivity index (χ1v) is 21.9. The van der Waals surface area contributed by atoms with Crippen LogP contribution in [0.5, 0.6) is 0 Å². The highest BCUT2D eigenvalue weighted by molar-refractivity contribution is 7.00. The molecule has 0 amide bonds. The van der Waals surface area contributed by atoms with Crippen LogP contribution in [0.2, 0.25) is 0 Å². The van der Waals surface area contributed by atoms with Gasteiger partial charge in [0, 0.05) is 45.5 Å². The summed E-state index contributed by atoms with van der Waals surface area (Å²) in [6.07, 6.45) is 2.02. The van der Waals surface area contributed by atoms with Crippen molar-refractivity contribution in [3.63, 3.8) is 0 Å². The van der Waals surface area contributed by atoms with Gasteiger partial charge >= 0.3 is 0 Å². The average Bonchev–Trinajstić information content (AvgIpc) is 3.54. The van der Waals surface area contributed by atoms with E-state index in [1.807, 2.05) is 0 Å². The van der Waals surface area contributed by atoms with Crippen molar-refractivity contribution in [2.24, 2.45) is 0 Å². The first-order valence-electron chi connectivity index (χ1n) is 21.9. The summed E-state index contributed by atoms with van der Waals surface area (Å²) in [6, 6.07) is 73.4. The molecule has 0 bridgehead atoms. The molecule has 2 unspecified atom stereocenters. The van der Waals surface area contributed by atoms with Crippen LogP contribution in [0, 0.1) is 0 Å². The van der Waals surface area contributed by atoms with E-state index in [0.717, 1.165) is 24.2 Å². The van der Waals surface area contributed by atoms with Crippen molar-refractivity contribution in [2.75, 3.05) is 14.7 Å². The standard InChI is InChI=1S/C57H48BN3/c1-55(2,3)41-32-33-49-46(36-41)57(40-21-8-5-9-22-40)35-34-39-20-14-15-27-45(39)56(57,4)61(49)44-37-52-54-53(38-44)60(43-25-12-7-13-26-43)51-31-19-17-29-48(51)58(54)47-28-16-18-30-50(47)59(52)42-23-10-6-11-24-42/h5-33,36-38H,34-35H2,1-4H3. The van der Waals surface area contributed by atoms with E-state index in [1.54, 1.807) is 0 Å². The van der Waals surface area contributed by atoms with Crippen LogP contribution >= 0.6 is 0 Å². The second-order valence-corrected chi connectivity index (χ2v) is 18.6. The molecule has 3 aliphatic heterocycles. The van der Waals surface area contributed by atoms with Crippen molar-refractivity contribution >= 4 is 68.6 Å². The van der Waals surface area contributed by atoms with Gasteiger partial charge in [-0.2, -0.15) is 0 Å². The molecule has 8 aromatic carbocycles. The molecule has 61 heavy (non-hydrogen) atoms. The lowest BCUT2D eigenvalue weighted by Crippen LogP contribution is -2.61. The minimum absolute atomic E-state index is 0.0124. The van der Waals surface area contributed by atoms with Gasteiger partial charge in [-0.25, -0.2) is 0 Å². The number of hydrogen-bond acceptors (Lipinski definition) is 3. The van der Waals surface area contributed by atoms with Crippen LogP contribution in [0.3, 0.4) is 0 Å². The Kier molecular flexibility index (Phi) is 7.76. The minimum Gasteiger partial charge on any atom is -0.330 e. The van der Waals surface area contributed by atoms with E-state index < -0.39 is 5.54 Å². The highest BCUT2D eigenvalue weighted by Crippen LogP contribution is 2.67. The molecule has 4 heteroatoms. The normalized spacial score (nSPS) is 19.3. The molecule has 1 aliphatic carbocycles. The number of para-hydroxylation sites is 4. The monoisotopic (exact) mass is 785 g/mol. The van der Waals surface area contributed by atoms with Gasteiger partial charge in [-0.15, -0.1) is 0 Å². The molecule has 0 N–H and O–H groups in total. The lowest BCUT2D eigenvalue weighted by atomic mass is 9.33.